The monoisotopic (exact) mass is 349 g/mol. The van der Waals surface area contributed by atoms with Crippen LogP contribution in [-0.2, 0) is 6.54 Å². The molecule has 0 bridgehead atoms. The molecule has 0 aromatic heterocycles. The topological polar surface area (TPSA) is 62.8 Å². The van der Waals surface area contributed by atoms with Gasteiger partial charge in [-0.15, -0.1) is 0 Å². The average molecular weight is 349 g/mol. The van der Waals surface area contributed by atoms with Gasteiger partial charge in [-0.25, -0.2) is 4.79 Å². The van der Waals surface area contributed by atoms with Crippen molar-refractivity contribution in [3.8, 4) is 11.5 Å². The van der Waals surface area contributed by atoms with Gasteiger partial charge >= 0.3 is 6.03 Å². The molecule has 1 aromatic carbocycles. The van der Waals surface area contributed by atoms with Gasteiger partial charge in [0.25, 0.3) is 0 Å². The molecule has 6 heteroatoms. The second-order valence-electron chi connectivity index (χ2n) is 6.58. The van der Waals surface area contributed by atoms with Crippen LogP contribution in [0.5, 0.6) is 11.5 Å². The van der Waals surface area contributed by atoms with Gasteiger partial charge in [-0.3, -0.25) is 0 Å². The molecule has 1 aromatic rings. The molecule has 6 nitrogen and oxygen atoms in total. The van der Waals surface area contributed by atoms with Crippen LogP contribution in [0.3, 0.4) is 0 Å². The molecule has 25 heavy (non-hydrogen) atoms. The van der Waals surface area contributed by atoms with Gasteiger partial charge in [-0.05, 0) is 49.9 Å². The van der Waals surface area contributed by atoms with E-state index in [4.69, 9.17) is 9.47 Å². The Bertz CT molecular complexity index is 551. The van der Waals surface area contributed by atoms with E-state index in [9.17, 15) is 4.79 Å². The van der Waals surface area contributed by atoms with E-state index >= 15 is 0 Å². The summed E-state index contributed by atoms with van der Waals surface area (Å²) in [5.74, 6) is 2.16. The largest absolute Gasteiger partial charge is 0.493 e. The summed E-state index contributed by atoms with van der Waals surface area (Å²) < 4.78 is 10.8. The molecule has 1 fully saturated rings. The van der Waals surface area contributed by atoms with Crippen LogP contribution < -0.4 is 20.1 Å². The number of nitrogens with one attached hydrogen (secondary N) is 2. The van der Waals surface area contributed by atoms with Gasteiger partial charge in [0.1, 0.15) is 0 Å². The van der Waals surface area contributed by atoms with Gasteiger partial charge in [0.05, 0.1) is 13.7 Å². The number of carbonyl (C=O) groups excluding carboxylic acids is 1. The lowest BCUT2D eigenvalue weighted by molar-refractivity contribution is 0.184. The number of methoxy groups -OCH3 is 1. The van der Waals surface area contributed by atoms with E-state index in [-0.39, 0.29) is 6.03 Å². The molecule has 2 rings (SSSR count). The maximum absolute atomic E-state index is 11.9. The Labute approximate surface area is 150 Å². The van der Waals surface area contributed by atoms with Crippen molar-refractivity contribution >= 4 is 6.03 Å². The van der Waals surface area contributed by atoms with Gasteiger partial charge in [0.2, 0.25) is 0 Å². The number of likely N-dealkylation sites (tertiary alicyclic amines) is 1. The first-order valence-electron chi connectivity index (χ1n) is 9.16. The number of nitrogens with zero attached hydrogens (tertiary/aromatic N) is 1. The van der Waals surface area contributed by atoms with Crippen LogP contribution in [0.2, 0.25) is 0 Å². The van der Waals surface area contributed by atoms with Crippen molar-refractivity contribution in [3.05, 3.63) is 23.8 Å². The third kappa shape index (κ3) is 6.46. The smallest absolute Gasteiger partial charge is 0.315 e. The maximum atomic E-state index is 11.9. The zero-order chi connectivity index (χ0) is 18.1. The van der Waals surface area contributed by atoms with Crippen LogP contribution in [0.25, 0.3) is 0 Å². The van der Waals surface area contributed by atoms with Crippen LogP contribution in [0.4, 0.5) is 4.79 Å². The van der Waals surface area contributed by atoms with Crippen LogP contribution >= 0.6 is 0 Å². The van der Waals surface area contributed by atoms with Gasteiger partial charge in [-0.1, -0.05) is 13.0 Å². The predicted molar refractivity (Wildman–Crippen MR) is 99.2 cm³/mol. The Morgan fingerprint density at radius 1 is 1.32 bits per heavy atom. The minimum absolute atomic E-state index is 0.141. The van der Waals surface area contributed by atoms with E-state index < -0.39 is 0 Å². The van der Waals surface area contributed by atoms with Crippen molar-refractivity contribution in [3.63, 3.8) is 0 Å². The Hall–Kier alpha value is -1.95. The number of hydrogen-bond donors (Lipinski definition) is 2. The standard InChI is InChI=1S/C19H31N3O3/c1-4-25-17-8-7-16(12-18(17)24-3)13-21-19(23)20-9-11-22-10-5-6-15(2)14-22/h7-8,12,15H,4-6,9-11,13-14H2,1-3H3,(H2,20,21,23). The van der Waals surface area contributed by atoms with E-state index in [1.54, 1.807) is 7.11 Å². The fourth-order valence-electron chi connectivity index (χ4n) is 3.16. The van der Waals surface area contributed by atoms with Gasteiger partial charge in [0.15, 0.2) is 11.5 Å². The highest BCUT2D eigenvalue weighted by atomic mass is 16.5. The second-order valence-corrected chi connectivity index (χ2v) is 6.58. The van der Waals surface area contributed by atoms with Crippen LogP contribution in [0, 0.1) is 5.92 Å². The van der Waals surface area contributed by atoms with Crippen molar-refractivity contribution in [1.29, 1.82) is 0 Å². The molecule has 1 heterocycles. The lowest BCUT2D eigenvalue weighted by Crippen LogP contribution is -2.42. The van der Waals surface area contributed by atoms with E-state index in [0.29, 0.717) is 31.2 Å². The highest BCUT2D eigenvalue weighted by molar-refractivity contribution is 5.73. The number of amides is 2. The number of hydrogen-bond acceptors (Lipinski definition) is 4. The third-order valence-corrected chi connectivity index (χ3v) is 4.44. The zero-order valence-electron chi connectivity index (χ0n) is 15.6. The quantitative estimate of drug-likeness (QED) is 0.757. The third-order valence-electron chi connectivity index (χ3n) is 4.44. The molecule has 140 valence electrons. The summed E-state index contributed by atoms with van der Waals surface area (Å²) >= 11 is 0. The van der Waals surface area contributed by atoms with Crippen molar-refractivity contribution in [1.82, 2.24) is 15.5 Å². The number of ether oxygens (including phenoxy) is 2. The minimum atomic E-state index is -0.141. The average Bonchev–Trinajstić information content (AvgIpc) is 2.61. The van der Waals surface area contributed by atoms with Gasteiger partial charge in [-0.2, -0.15) is 0 Å². The fourth-order valence-corrected chi connectivity index (χ4v) is 3.16. The number of urea groups is 1. The molecule has 2 amide bonds. The summed E-state index contributed by atoms with van der Waals surface area (Å²) in [7, 11) is 1.61. The number of carbonyl (C=O) groups is 1. The van der Waals surface area contributed by atoms with Crippen LogP contribution in [0.1, 0.15) is 32.3 Å². The summed E-state index contributed by atoms with van der Waals surface area (Å²) in [6, 6.07) is 5.55. The summed E-state index contributed by atoms with van der Waals surface area (Å²) in [5.41, 5.74) is 0.973. The molecule has 0 spiro atoms. The molecule has 2 N–H and O–H groups in total. The zero-order valence-corrected chi connectivity index (χ0v) is 15.6. The molecule has 1 unspecified atom stereocenters. The van der Waals surface area contributed by atoms with Gasteiger partial charge in [0, 0.05) is 26.2 Å². The summed E-state index contributed by atoms with van der Waals surface area (Å²) in [6.07, 6.45) is 2.57. The lowest BCUT2D eigenvalue weighted by Gasteiger charge is -2.30. The van der Waals surface area contributed by atoms with Gasteiger partial charge < -0.3 is 25.0 Å². The summed E-state index contributed by atoms with van der Waals surface area (Å²) in [4.78, 5) is 14.4. The molecule has 0 aliphatic carbocycles. The van der Waals surface area contributed by atoms with E-state index in [1.165, 1.54) is 12.8 Å². The van der Waals surface area contributed by atoms with Crippen molar-refractivity contribution < 1.29 is 14.3 Å². The van der Waals surface area contributed by atoms with Crippen molar-refractivity contribution in [2.45, 2.75) is 33.2 Å². The summed E-state index contributed by atoms with van der Waals surface area (Å²) in [6.45, 7) is 9.12. The second kappa shape index (κ2) is 10.1. The molecule has 1 aliphatic heterocycles. The molecule has 0 saturated carbocycles. The normalized spacial score (nSPS) is 17.8. The van der Waals surface area contributed by atoms with Crippen LogP contribution in [0.15, 0.2) is 18.2 Å². The Morgan fingerprint density at radius 3 is 2.88 bits per heavy atom. The maximum Gasteiger partial charge on any atom is 0.315 e. The van der Waals surface area contributed by atoms with Crippen molar-refractivity contribution in [2.24, 2.45) is 5.92 Å². The molecule has 1 saturated heterocycles. The minimum Gasteiger partial charge on any atom is -0.493 e. The molecule has 0 radical (unpaired) electrons. The highest BCUT2D eigenvalue weighted by Crippen LogP contribution is 2.27. The molecular formula is C19H31N3O3. The molecule has 1 aliphatic rings. The first-order chi connectivity index (χ1) is 12.1. The van der Waals surface area contributed by atoms with E-state index in [1.807, 2.05) is 25.1 Å². The first kappa shape index (κ1) is 19.4. The lowest BCUT2D eigenvalue weighted by atomic mass is 10.0. The Kier molecular flexibility index (Phi) is 7.85. The molecular weight excluding hydrogens is 318 g/mol. The van der Waals surface area contributed by atoms with Crippen molar-refractivity contribution in [2.75, 3.05) is 39.9 Å². The Morgan fingerprint density at radius 2 is 2.16 bits per heavy atom. The van der Waals surface area contributed by atoms with Crippen LogP contribution in [-0.4, -0.2) is 50.8 Å². The predicted octanol–water partition coefficient (Wildman–Crippen LogP) is 2.62. The Balaban J connectivity index is 1.70. The molecule has 1 atom stereocenters. The fraction of sp³-hybridized carbons (Fsp3) is 0.632. The number of benzene rings is 1. The highest BCUT2D eigenvalue weighted by Gasteiger charge is 2.15. The first-order valence-corrected chi connectivity index (χ1v) is 9.16. The van der Waals surface area contributed by atoms with E-state index in [2.05, 4.69) is 22.5 Å². The van der Waals surface area contributed by atoms with E-state index in [0.717, 1.165) is 31.1 Å². The number of rotatable bonds is 8. The SMILES string of the molecule is CCOc1ccc(CNC(=O)NCCN2CCCC(C)C2)cc1OC. The number of piperidine rings is 1. The summed E-state index contributed by atoms with van der Waals surface area (Å²) in [5, 5.41) is 5.81.